The lowest BCUT2D eigenvalue weighted by atomic mass is 10.1. The van der Waals surface area contributed by atoms with Crippen LogP contribution in [0.5, 0.6) is 11.5 Å². The molecule has 0 radical (unpaired) electrons. The molecular formula is C26H41N3O3. The molecule has 1 amide bonds. The van der Waals surface area contributed by atoms with Gasteiger partial charge in [-0.1, -0.05) is 65.3 Å². The number of rotatable bonds is 13. The van der Waals surface area contributed by atoms with Crippen LogP contribution < -0.4 is 5.43 Å². The molecule has 0 aliphatic rings. The van der Waals surface area contributed by atoms with Crippen LogP contribution >= 0.6 is 0 Å². The second-order valence-electron chi connectivity index (χ2n) is 7.21. The molecule has 0 saturated carbocycles. The van der Waals surface area contributed by atoms with E-state index in [1.54, 1.807) is 11.1 Å². The molecule has 6 nitrogen and oxygen atoms in total. The van der Waals surface area contributed by atoms with E-state index in [0.29, 0.717) is 19.5 Å². The van der Waals surface area contributed by atoms with Crippen molar-refractivity contribution in [3.05, 3.63) is 60.3 Å². The van der Waals surface area contributed by atoms with Crippen molar-refractivity contribution in [1.82, 2.24) is 10.3 Å². The van der Waals surface area contributed by atoms with Gasteiger partial charge in [0.05, 0.1) is 5.56 Å². The van der Waals surface area contributed by atoms with E-state index in [-0.39, 0.29) is 28.9 Å². The molecule has 1 aromatic carbocycles. The van der Waals surface area contributed by atoms with E-state index in [1.165, 1.54) is 24.4 Å². The highest BCUT2D eigenvalue weighted by molar-refractivity contribution is 5.97. The molecule has 178 valence electrons. The van der Waals surface area contributed by atoms with Crippen molar-refractivity contribution in [3.63, 3.8) is 0 Å². The summed E-state index contributed by atoms with van der Waals surface area (Å²) in [6, 6.07) is 4.08. The Morgan fingerprint density at radius 1 is 1.28 bits per heavy atom. The summed E-state index contributed by atoms with van der Waals surface area (Å²) in [4.78, 5) is 14.8. The Hall–Kier alpha value is -3.02. The number of hydrogen-bond donors (Lipinski definition) is 3. The minimum atomic E-state index is -0.224. The number of amides is 1. The number of hydrazone groups is 1. The van der Waals surface area contributed by atoms with Crippen molar-refractivity contribution >= 4 is 12.1 Å². The Morgan fingerprint density at radius 3 is 2.59 bits per heavy atom. The van der Waals surface area contributed by atoms with Crippen LogP contribution in [-0.4, -0.2) is 40.3 Å². The van der Waals surface area contributed by atoms with Crippen molar-refractivity contribution in [2.75, 3.05) is 13.1 Å². The summed E-state index contributed by atoms with van der Waals surface area (Å²) in [6.07, 6.45) is 13.2. The summed E-state index contributed by atoms with van der Waals surface area (Å²) in [5.41, 5.74) is 4.01. The highest BCUT2D eigenvalue weighted by Crippen LogP contribution is 2.24. The van der Waals surface area contributed by atoms with Gasteiger partial charge in [0.2, 0.25) is 0 Å². The largest absolute Gasteiger partial charge is 0.508 e. The Bertz CT molecular complexity index is 770. The van der Waals surface area contributed by atoms with Crippen LogP contribution in [0.15, 0.2) is 59.9 Å². The Balaban J connectivity index is 0.00000466. The lowest BCUT2D eigenvalue weighted by Crippen LogP contribution is -2.35. The molecule has 1 unspecified atom stereocenters. The van der Waals surface area contributed by atoms with Crippen LogP contribution in [0.3, 0.4) is 0 Å². The van der Waals surface area contributed by atoms with Gasteiger partial charge in [-0.05, 0) is 37.0 Å². The first-order valence-electron chi connectivity index (χ1n) is 11.5. The molecule has 0 aliphatic carbocycles. The van der Waals surface area contributed by atoms with Crippen molar-refractivity contribution in [2.24, 2.45) is 11.0 Å². The zero-order valence-corrected chi connectivity index (χ0v) is 20.3. The van der Waals surface area contributed by atoms with Crippen LogP contribution in [0.2, 0.25) is 0 Å². The summed E-state index contributed by atoms with van der Waals surface area (Å²) in [5, 5.41) is 23.6. The van der Waals surface area contributed by atoms with Crippen LogP contribution in [0.1, 0.15) is 70.7 Å². The van der Waals surface area contributed by atoms with Crippen molar-refractivity contribution < 1.29 is 15.0 Å². The van der Waals surface area contributed by atoms with Gasteiger partial charge in [0.25, 0.3) is 5.91 Å². The van der Waals surface area contributed by atoms with E-state index < -0.39 is 0 Å². The van der Waals surface area contributed by atoms with Gasteiger partial charge < -0.3 is 15.1 Å². The van der Waals surface area contributed by atoms with Crippen molar-refractivity contribution in [1.29, 1.82) is 0 Å². The fourth-order valence-electron chi connectivity index (χ4n) is 2.93. The maximum Gasteiger partial charge on any atom is 0.257 e. The van der Waals surface area contributed by atoms with Gasteiger partial charge in [-0.25, -0.2) is 0 Å². The van der Waals surface area contributed by atoms with Crippen molar-refractivity contribution in [2.45, 2.75) is 60.3 Å². The predicted octanol–water partition coefficient (Wildman–Crippen LogP) is 6.00. The summed E-state index contributed by atoms with van der Waals surface area (Å²) >= 11 is 0. The molecule has 0 bridgehead atoms. The third-order valence-corrected chi connectivity index (χ3v) is 4.63. The average Bonchev–Trinajstić information content (AvgIpc) is 2.79. The highest BCUT2D eigenvalue weighted by atomic mass is 16.3. The molecule has 0 fully saturated rings. The molecule has 6 heteroatoms. The molecule has 32 heavy (non-hydrogen) atoms. The maximum absolute atomic E-state index is 13.0. The summed E-state index contributed by atoms with van der Waals surface area (Å²) < 4.78 is 0. The zero-order valence-electron chi connectivity index (χ0n) is 20.3. The fourth-order valence-corrected chi connectivity index (χ4v) is 2.93. The molecule has 1 rings (SSSR count). The quantitative estimate of drug-likeness (QED) is 0.151. The van der Waals surface area contributed by atoms with E-state index in [9.17, 15) is 15.0 Å². The molecule has 0 spiro atoms. The highest BCUT2D eigenvalue weighted by Gasteiger charge is 2.20. The molecule has 0 aromatic heterocycles. The monoisotopic (exact) mass is 443 g/mol. The first kappa shape index (κ1) is 29.0. The number of unbranched alkanes of at least 4 members (excludes halogenated alkanes) is 2. The van der Waals surface area contributed by atoms with Gasteiger partial charge in [0.15, 0.2) is 0 Å². The van der Waals surface area contributed by atoms with Gasteiger partial charge in [-0.2, -0.15) is 5.10 Å². The Morgan fingerprint density at radius 2 is 2.00 bits per heavy atom. The molecule has 1 aromatic rings. The van der Waals surface area contributed by atoms with E-state index in [4.69, 9.17) is 0 Å². The van der Waals surface area contributed by atoms with Crippen LogP contribution in [-0.2, 0) is 0 Å². The number of nitrogens with zero attached hydrogens (tertiary/aromatic N) is 2. The lowest BCUT2D eigenvalue weighted by Gasteiger charge is -2.25. The van der Waals surface area contributed by atoms with E-state index in [1.807, 2.05) is 26.8 Å². The molecule has 0 heterocycles. The smallest absolute Gasteiger partial charge is 0.257 e. The first-order valence-corrected chi connectivity index (χ1v) is 11.5. The lowest BCUT2D eigenvalue weighted by molar-refractivity contribution is 0.0735. The van der Waals surface area contributed by atoms with E-state index >= 15 is 0 Å². The minimum absolute atomic E-state index is 0.0661. The number of nitrogens with one attached hydrogen (secondary N) is 1. The topological polar surface area (TPSA) is 85.2 Å². The number of phenolic OH excluding ortho intramolecular Hbond substituents is 2. The molecule has 1 atom stereocenters. The number of benzene rings is 1. The fraction of sp³-hybridized carbons (Fsp3) is 0.462. The van der Waals surface area contributed by atoms with Gasteiger partial charge in [0.1, 0.15) is 11.5 Å². The number of allylic oxidation sites excluding steroid dienone is 3. The summed E-state index contributed by atoms with van der Waals surface area (Å²) in [7, 11) is 0. The van der Waals surface area contributed by atoms with Crippen LogP contribution in [0.4, 0.5) is 0 Å². The normalized spacial score (nSPS) is 12.3. The number of carbonyl (C=O) groups excluding carboxylic acids is 1. The van der Waals surface area contributed by atoms with Crippen molar-refractivity contribution in [3.8, 4) is 11.5 Å². The molecule has 0 aliphatic heterocycles. The van der Waals surface area contributed by atoms with Crippen LogP contribution in [0.25, 0.3) is 0 Å². The minimum Gasteiger partial charge on any atom is -0.508 e. The number of carbonyl (C=O) groups is 1. The van der Waals surface area contributed by atoms with Gasteiger partial charge in [-0.3, -0.25) is 10.2 Å². The Kier molecular flexibility index (Phi) is 16.0. The van der Waals surface area contributed by atoms with Gasteiger partial charge >= 0.3 is 0 Å². The summed E-state index contributed by atoms with van der Waals surface area (Å²) in [6.45, 7) is 14.9. The third kappa shape index (κ3) is 11.4. The standard InChI is InChI=1S/C24H35N3O3.C2H6/c1-5-8-9-16-27(24(30)22-13-12-21(28)17-23(22)29)18-19(4)10-11-20(6-2)14-15-26-25-7-3;1-2/h6-7,10-13,15,17,19,25,28-29H,3,5,8-9,14,16,18H2,1-2,4H3;1-2H3/b11-10-,20-6+,26-15-;. The summed E-state index contributed by atoms with van der Waals surface area (Å²) in [5.74, 6) is -0.360. The van der Waals surface area contributed by atoms with Gasteiger partial charge in [0, 0.05) is 38.0 Å². The zero-order chi connectivity index (χ0) is 24.4. The molecule has 3 N–H and O–H groups in total. The number of phenols is 2. The molecule has 0 saturated heterocycles. The maximum atomic E-state index is 13.0. The van der Waals surface area contributed by atoms with E-state index in [2.05, 4.69) is 43.1 Å². The number of aromatic hydroxyl groups is 2. The van der Waals surface area contributed by atoms with Gasteiger partial charge in [-0.15, -0.1) is 0 Å². The second kappa shape index (κ2) is 17.6. The van der Waals surface area contributed by atoms with E-state index in [0.717, 1.165) is 24.8 Å². The third-order valence-electron chi connectivity index (χ3n) is 4.63. The first-order chi connectivity index (χ1) is 15.4. The van der Waals surface area contributed by atoms with Crippen LogP contribution in [0, 0.1) is 5.92 Å². The average molecular weight is 444 g/mol. The SMILES string of the molecule is C=CN/N=C\CC(/C=C\C(C)CN(CCCCC)C(=O)c1ccc(O)cc1O)=C/C.CC. The predicted molar refractivity (Wildman–Crippen MR) is 135 cm³/mol. The second-order valence-corrected chi connectivity index (χ2v) is 7.21. The molecular weight excluding hydrogens is 402 g/mol. The number of hydrogen-bond acceptors (Lipinski definition) is 5. The Labute approximate surface area is 194 Å².